The molecule has 0 N–H and O–H groups in total. The van der Waals surface area contributed by atoms with E-state index in [-0.39, 0.29) is 12.9 Å². The van der Waals surface area contributed by atoms with Gasteiger partial charge in [0.25, 0.3) is 0 Å². The van der Waals surface area contributed by atoms with E-state index >= 15 is 0 Å². The van der Waals surface area contributed by atoms with Gasteiger partial charge in [0.1, 0.15) is 0 Å². The van der Waals surface area contributed by atoms with E-state index < -0.39 is 10.7 Å². The highest BCUT2D eigenvalue weighted by atomic mass is 16.7. The molecule has 0 aromatic heterocycles. The van der Waals surface area contributed by atoms with Crippen LogP contribution >= 0.6 is 0 Å². The van der Waals surface area contributed by atoms with Crippen LogP contribution in [-0.4, -0.2) is 30.7 Å². The zero-order valence-corrected chi connectivity index (χ0v) is 13.6. The summed E-state index contributed by atoms with van der Waals surface area (Å²) in [6.45, 7) is 1.77. The van der Waals surface area contributed by atoms with Gasteiger partial charge in [-0.25, -0.2) is 0 Å². The van der Waals surface area contributed by atoms with E-state index in [0.717, 1.165) is 28.8 Å². The minimum Gasteiger partial charge on any atom is -0.454 e. The molecule has 1 saturated heterocycles. The molecule has 0 spiro atoms. The molecule has 134 valence electrons. The molecule has 0 aliphatic carbocycles. The van der Waals surface area contributed by atoms with Gasteiger partial charge < -0.3 is 23.7 Å². The van der Waals surface area contributed by atoms with E-state index in [9.17, 15) is 10.1 Å². The maximum Gasteiger partial charge on any atom is 0.231 e. The summed E-state index contributed by atoms with van der Waals surface area (Å²) in [6.07, 6.45) is 3.88. The largest absolute Gasteiger partial charge is 0.454 e. The summed E-state index contributed by atoms with van der Waals surface area (Å²) < 4.78 is 28.5. The van der Waals surface area contributed by atoms with Crippen LogP contribution < -0.4 is 9.47 Å². The van der Waals surface area contributed by atoms with Crippen molar-refractivity contribution in [1.82, 2.24) is 0 Å². The normalized spacial score (nSPS) is 23.3. The van der Waals surface area contributed by atoms with Crippen molar-refractivity contribution in [2.24, 2.45) is 0 Å². The van der Waals surface area contributed by atoms with Gasteiger partial charge in [0.05, 0.1) is 30.8 Å². The molecule has 8 nitrogen and oxygen atoms in total. The van der Waals surface area contributed by atoms with E-state index in [1.54, 1.807) is 0 Å². The molecule has 3 aliphatic rings. The molecule has 8 heteroatoms. The lowest BCUT2D eigenvalue weighted by Crippen LogP contribution is -2.32. The number of rotatable bonds is 6. The Labute approximate surface area is 144 Å². The summed E-state index contributed by atoms with van der Waals surface area (Å²) in [5, 5.41) is 10.4. The molecule has 1 aromatic rings. The monoisotopic (exact) mass is 349 g/mol. The molecular formula is C17H19NO7. The zero-order valence-electron chi connectivity index (χ0n) is 13.6. The fourth-order valence-corrected chi connectivity index (χ4v) is 3.48. The summed E-state index contributed by atoms with van der Waals surface area (Å²) in [6, 6.07) is 3.92. The van der Waals surface area contributed by atoms with Crippen molar-refractivity contribution in [3.05, 3.63) is 45.6 Å². The van der Waals surface area contributed by atoms with Gasteiger partial charge in [-0.1, -0.05) is 0 Å². The van der Waals surface area contributed by atoms with E-state index in [2.05, 4.69) is 0 Å². The fourth-order valence-electron chi connectivity index (χ4n) is 3.48. The van der Waals surface area contributed by atoms with Crippen LogP contribution in [-0.2, 0) is 20.8 Å². The van der Waals surface area contributed by atoms with E-state index in [1.165, 1.54) is 6.08 Å². The van der Waals surface area contributed by atoms with Gasteiger partial charge in [0.15, 0.2) is 17.3 Å². The number of ether oxygens (including phenoxy) is 5. The van der Waals surface area contributed by atoms with Crippen LogP contribution in [0.5, 0.6) is 11.5 Å². The first-order valence-corrected chi connectivity index (χ1v) is 8.27. The molecule has 1 atom stereocenters. The van der Waals surface area contributed by atoms with Crippen molar-refractivity contribution in [2.45, 2.75) is 37.8 Å². The molecule has 0 saturated carbocycles. The lowest BCUT2D eigenvalue weighted by Gasteiger charge is -2.29. The summed E-state index contributed by atoms with van der Waals surface area (Å²) in [5.41, 5.74) is 2.14. The van der Waals surface area contributed by atoms with E-state index in [4.69, 9.17) is 23.7 Å². The molecule has 1 unspecified atom stereocenters. The number of hydrogen-bond donors (Lipinski definition) is 0. The number of benzene rings is 1. The first kappa shape index (κ1) is 16.3. The van der Waals surface area contributed by atoms with E-state index in [1.807, 2.05) is 12.1 Å². The highest BCUT2D eigenvalue weighted by molar-refractivity contribution is 5.50. The highest BCUT2D eigenvalue weighted by Gasteiger charge is 2.41. The Morgan fingerprint density at radius 3 is 2.76 bits per heavy atom. The predicted molar refractivity (Wildman–Crippen MR) is 84.7 cm³/mol. The van der Waals surface area contributed by atoms with Gasteiger partial charge in [0, 0.05) is 12.8 Å². The Balaban J connectivity index is 1.48. The number of hydrogen-bond acceptors (Lipinski definition) is 7. The topological polar surface area (TPSA) is 89.3 Å². The standard InChI is InChI=1S/C17H19NO7/c19-18(20)4-2-1-3-17(24-5-6-25-17)9-16-13-8-15-14(22-11-23-15)7-12(13)10-21-16/h2,4,7-8,16H,1,3,5-6,9-11H2/b4-2+. The molecule has 0 amide bonds. The van der Waals surface area contributed by atoms with Crippen LogP contribution in [0.2, 0.25) is 0 Å². The minimum absolute atomic E-state index is 0.165. The van der Waals surface area contributed by atoms with Gasteiger partial charge in [-0.2, -0.15) is 0 Å². The minimum atomic E-state index is -0.774. The summed E-state index contributed by atoms with van der Waals surface area (Å²) in [7, 11) is 0. The number of nitro groups is 1. The Kier molecular flexibility index (Phi) is 4.32. The quantitative estimate of drug-likeness (QED) is 0.576. The zero-order chi connectivity index (χ0) is 17.3. The number of fused-ring (bicyclic) bond motifs is 2. The molecule has 1 aromatic carbocycles. The SMILES string of the molecule is O=[N+]([O-])/C=C/CCC1(CC2OCc3cc4c(cc32)OCO4)OCCO1. The molecule has 4 rings (SSSR count). The molecule has 0 bridgehead atoms. The Hall–Kier alpha value is -2.16. The molecule has 1 fully saturated rings. The van der Waals surface area contributed by atoms with Crippen molar-refractivity contribution in [3.63, 3.8) is 0 Å². The molecule has 3 aliphatic heterocycles. The van der Waals surface area contributed by atoms with Crippen LogP contribution in [0, 0.1) is 10.1 Å². The molecule has 3 heterocycles. The Morgan fingerprint density at radius 1 is 1.24 bits per heavy atom. The predicted octanol–water partition coefficient (Wildman–Crippen LogP) is 2.69. The Bertz CT molecular complexity index is 696. The summed E-state index contributed by atoms with van der Waals surface area (Å²) in [4.78, 5) is 9.93. The van der Waals surface area contributed by atoms with Gasteiger partial charge in [0.2, 0.25) is 13.0 Å². The fraction of sp³-hybridized carbons (Fsp3) is 0.529. The van der Waals surface area contributed by atoms with Crippen LogP contribution in [0.1, 0.15) is 36.5 Å². The number of nitrogens with zero attached hydrogens (tertiary/aromatic N) is 1. The van der Waals surface area contributed by atoms with Crippen LogP contribution in [0.3, 0.4) is 0 Å². The summed E-state index contributed by atoms with van der Waals surface area (Å²) in [5.74, 6) is 0.699. The van der Waals surface area contributed by atoms with Gasteiger partial charge >= 0.3 is 0 Å². The highest BCUT2D eigenvalue weighted by Crippen LogP contribution is 2.45. The molecule has 0 radical (unpaired) electrons. The maximum absolute atomic E-state index is 10.4. The third-order valence-corrected chi connectivity index (χ3v) is 4.65. The van der Waals surface area contributed by atoms with Crippen LogP contribution in [0.4, 0.5) is 0 Å². The van der Waals surface area contributed by atoms with Gasteiger partial charge in [-0.3, -0.25) is 10.1 Å². The van der Waals surface area contributed by atoms with E-state index in [0.29, 0.717) is 39.1 Å². The maximum atomic E-state index is 10.4. The van der Waals surface area contributed by atoms with Crippen molar-refractivity contribution < 1.29 is 28.6 Å². The lowest BCUT2D eigenvalue weighted by molar-refractivity contribution is -0.402. The first-order chi connectivity index (χ1) is 12.2. The van der Waals surface area contributed by atoms with Crippen LogP contribution in [0.15, 0.2) is 24.4 Å². The first-order valence-electron chi connectivity index (χ1n) is 8.27. The van der Waals surface area contributed by atoms with Gasteiger partial charge in [-0.15, -0.1) is 0 Å². The van der Waals surface area contributed by atoms with Crippen molar-refractivity contribution in [3.8, 4) is 11.5 Å². The second kappa shape index (κ2) is 6.62. The second-order valence-corrected chi connectivity index (χ2v) is 6.22. The lowest BCUT2D eigenvalue weighted by atomic mass is 9.96. The third-order valence-electron chi connectivity index (χ3n) is 4.65. The van der Waals surface area contributed by atoms with Gasteiger partial charge in [-0.05, 0) is 35.8 Å². The van der Waals surface area contributed by atoms with Crippen LogP contribution in [0.25, 0.3) is 0 Å². The van der Waals surface area contributed by atoms with Crippen molar-refractivity contribution >= 4 is 0 Å². The molecular weight excluding hydrogens is 330 g/mol. The smallest absolute Gasteiger partial charge is 0.231 e. The molecule has 25 heavy (non-hydrogen) atoms. The average Bonchev–Trinajstić information content (AvgIpc) is 3.31. The third kappa shape index (κ3) is 3.33. The Morgan fingerprint density at radius 2 is 2.00 bits per heavy atom. The number of allylic oxidation sites excluding steroid dienone is 1. The van der Waals surface area contributed by atoms with Crippen molar-refractivity contribution in [1.29, 1.82) is 0 Å². The van der Waals surface area contributed by atoms with Crippen molar-refractivity contribution in [2.75, 3.05) is 20.0 Å². The summed E-state index contributed by atoms with van der Waals surface area (Å²) >= 11 is 0. The second-order valence-electron chi connectivity index (χ2n) is 6.22. The average molecular weight is 349 g/mol.